The van der Waals surface area contributed by atoms with Gasteiger partial charge in [0.15, 0.2) is 0 Å². The fourth-order valence-corrected chi connectivity index (χ4v) is 3.86. The fourth-order valence-electron chi connectivity index (χ4n) is 2.68. The molecule has 21 heavy (non-hydrogen) atoms. The Morgan fingerprint density at radius 3 is 2.90 bits per heavy atom. The summed E-state index contributed by atoms with van der Waals surface area (Å²) < 4.78 is 5.39. The van der Waals surface area contributed by atoms with Gasteiger partial charge in [-0.15, -0.1) is 11.3 Å². The average Bonchev–Trinajstić information content (AvgIpc) is 3.14. The first-order valence-electron chi connectivity index (χ1n) is 7.05. The number of benzene rings is 1. The van der Waals surface area contributed by atoms with Crippen LogP contribution in [0.5, 0.6) is 5.75 Å². The highest BCUT2D eigenvalue weighted by atomic mass is 32.1. The van der Waals surface area contributed by atoms with Crippen LogP contribution in [0.3, 0.4) is 0 Å². The molecule has 1 N–H and O–H groups in total. The van der Waals surface area contributed by atoms with Crippen LogP contribution in [0.15, 0.2) is 34.9 Å². The van der Waals surface area contributed by atoms with Crippen molar-refractivity contribution in [3.8, 4) is 27.9 Å². The largest absolute Gasteiger partial charge is 0.508 e. The molecular formula is C16H14N2O2S. The number of phenolic OH excluding ortho intramolecular Hbond substituents is 1. The van der Waals surface area contributed by atoms with Gasteiger partial charge in [-0.2, -0.15) is 4.98 Å². The molecule has 1 aliphatic carbocycles. The number of rotatable bonds is 2. The molecule has 0 fully saturated rings. The van der Waals surface area contributed by atoms with Crippen LogP contribution in [0.2, 0.25) is 0 Å². The highest BCUT2D eigenvalue weighted by molar-refractivity contribution is 7.15. The van der Waals surface area contributed by atoms with Crippen LogP contribution in [-0.4, -0.2) is 15.2 Å². The van der Waals surface area contributed by atoms with Gasteiger partial charge in [0.05, 0.1) is 4.88 Å². The van der Waals surface area contributed by atoms with E-state index in [4.69, 9.17) is 4.52 Å². The summed E-state index contributed by atoms with van der Waals surface area (Å²) >= 11 is 1.75. The molecule has 1 aromatic carbocycles. The van der Waals surface area contributed by atoms with Crippen molar-refractivity contribution in [2.24, 2.45) is 0 Å². The van der Waals surface area contributed by atoms with Gasteiger partial charge in [-0.25, -0.2) is 0 Å². The molecule has 4 nitrogen and oxygen atoms in total. The summed E-state index contributed by atoms with van der Waals surface area (Å²) in [5, 5.41) is 13.5. The van der Waals surface area contributed by atoms with E-state index in [2.05, 4.69) is 16.2 Å². The molecule has 0 radical (unpaired) electrons. The summed E-state index contributed by atoms with van der Waals surface area (Å²) in [5.74, 6) is 1.27. The quantitative estimate of drug-likeness (QED) is 0.775. The smallest absolute Gasteiger partial charge is 0.268 e. The molecule has 0 spiro atoms. The maximum Gasteiger partial charge on any atom is 0.268 e. The summed E-state index contributed by atoms with van der Waals surface area (Å²) in [4.78, 5) is 6.95. The lowest BCUT2D eigenvalue weighted by Gasteiger charge is -2.08. The number of aromatic nitrogens is 2. The standard InChI is InChI=1S/C16H14N2O2S/c19-12-6-3-5-11(8-12)15-17-16(20-18-15)14-9-10-4-1-2-7-13(10)21-14/h3,5-6,8-9,19H,1-2,4,7H2. The van der Waals surface area contributed by atoms with Gasteiger partial charge in [0.2, 0.25) is 5.82 Å². The van der Waals surface area contributed by atoms with Crippen LogP contribution >= 0.6 is 11.3 Å². The number of hydrogen-bond donors (Lipinski definition) is 1. The first-order chi connectivity index (χ1) is 10.3. The number of fused-ring (bicyclic) bond motifs is 1. The zero-order valence-electron chi connectivity index (χ0n) is 11.4. The third-order valence-corrected chi connectivity index (χ3v) is 4.96. The lowest BCUT2D eigenvalue weighted by Crippen LogP contribution is -1.96. The monoisotopic (exact) mass is 298 g/mol. The summed E-state index contributed by atoms with van der Waals surface area (Å²) in [6.07, 6.45) is 4.85. The molecule has 0 amide bonds. The molecule has 1 aliphatic rings. The van der Waals surface area contributed by atoms with Crippen LogP contribution in [0.4, 0.5) is 0 Å². The Labute approximate surface area is 126 Å². The van der Waals surface area contributed by atoms with E-state index in [9.17, 15) is 5.11 Å². The fraction of sp³-hybridized carbons (Fsp3) is 0.250. The lowest BCUT2D eigenvalue weighted by atomic mass is 9.99. The third kappa shape index (κ3) is 2.34. The van der Waals surface area contributed by atoms with Gasteiger partial charge in [0.1, 0.15) is 5.75 Å². The highest BCUT2D eigenvalue weighted by Gasteiger charge is 2.18. The number of hydrogen-bond acceptors (Lipinski definition) is 5. The normalized spacial score (nSPS) is 14.1. The summed E-state index contributed by atoms with van der Waals surface area (Å²) in [7, 11) is 0. The number of thiophene rings is 1. The van der Waals surface area contributed by atoms with E-state index in [-0.39, 0.29) is 5.75 Å². The second kappa shape index (κ2) is 5.00. The van der Waals surface area contributed by atoms with Crippen molar-refractivity contribution in [3.63, 3.8) is 0 Å². The van der Waals surface area contributed by atoms with Crippen molar-refractivity contribution >= 4 is 11.3 Å². The van der Waals surface area contributed by atoms with E-state index in [1.165, 1.54) is 23.3 Å². The van der Waals surface area contributed by atoms with Crippen molar-refractivity contribution in [1.29, 1.82) is 0 Å². The van der Waals surface area contributed by atoms with Crippen LogP contribution in [0, 0.1) is 0 Å². The summed E-state index contributed by atoms with van der Waals surface area (Å²) in [5.41, 5.74) is 2.18. The molecular weight excluding hydrogens is 284 g/mol. The Morgan fingerprint density at radius 1 is 1.14 bits per heavy atom. The minimum atomic E-state index is 0.199. The SMILES string of the molecule is Oc1cccc(-c2noc(-c3cc4c(s3)CCCC4)n2)c1. The molecule has 0 aliphatic heterocycles. The Hall–Kier alpha value is -2.14. The lowest BCUT2D eigenvalue weighted by molar-refractivity contribution is 0.433. The van der Waals surface area contributed by atoms with Gasteiger partial charge in [-0.1, -0.05) is 17.3 Å². The van der Waals surface area contributed by atoms with Gasteiger partial charge in [0.25, 0.3) is 5.89 Å². The maximum absolute atomic E-state index is 9.52. The van der Waals surface area contributed by atoms with Crippen LogP contribution in [-0.2, 0) is 12.8 Å². The van der Waals surface area contributed by atoms with E-state index < -0.39 is 0 Å². The van der Waals surface area contributed by atoms with Crippen LogP contribution in [0.1, 0.15) is 23.3 Å². The van der Waals surface area contributed by atoms with Gasteiger partial charge in [0, 0.05) is 10.4 Å². The molecule has 0 saturated heterocycles. The molecule has 2 heterocycles. The molecule has 2 aromatic heterocycles. The van der Waals surface area contributed by atoms with Gasteiger partial charge in [-0.3, -0.25) is 0 Å². The first-order valence-corrected chi connectivity index (χ1v) is 7.86. The van der Waals surface area contributed by atoms with Crippen molar-refractivity contribution in [3.05, 3.63) is 40.8 Å². The van der Waals surface area contributed by atoms with Crippen LogP contribution in [0.25, 0.3) is 22.2 Å². The van der Waals surface area contributed by atoms with Crippen LogP contribution < -0.4 is 0 Å². The van der Waals surface area contributed by atoms with E-state index in [1.54, 1.807) is 29.5 Å². The van der Waals surface area contributed by atoms with E-state index in [0.29, 0.717) is 11.7 Å². The van der Waals surface area contributed by atoms with E-state index >= 15 is 0 Å². The molecule has 106 valence electrons. The molecule has 0 atom stereocenters. The maximum atomic E-state index is 9.52. The topological polar surface area (TPSA) is 59.2 Å². The Morgan fingerprint density at radius 2 is 2.05 bits per heavy atom. The molecule has 0 bridgehead atoms. The molecule has 0 unspecified atom stereocenters. The zero-order chi connectivity index (χ0) is 14.2. The zero-order valence-corrected chi connectivity index (χ0v) is 12.2. The minimum absolute atomic E-state index is 0.199. The van der Waals surface area contributed by atoms with Gasteiger partial charge in [-0.05, 0) is 49.4 Å². The first kappa shape index (κ1) is 12.6. The molecule has 3 aromatic rings. The second-order valence-corrected chi connectivity index (χ2v) is 6.38. The van der Waals surface area contributed by atoms with Crippen molar-refractivity contribution < 1.29 is 9.63 Å². The van der Waals surface area contributed by atoms with Gasteiger partial charge >= 0.3 is 0 Å². The Kier molecular flexibility index (Phi) is 3.00. The predicted octanol–water partition coefficient (Wildman–Crippen LogP) is 4.05. The van der Waals surface area contributed by atoms with E-state index in [0.717, 1.165) is 23.3 Å². The Balaban J connectivity index is 1.69. The summed E-state index contributed by atoms with van der Waals surface area (Å²) in [6, 6.07) is 9.06. The average molecular weight is 298 g/mol. The molecule has 5 heteroatoms. The van der Waals surface area contributed by atoms with Crippen molar-refractivity contribution in [2.45, 2.75) is 25.7 Å². The molecule has 0 saturated carbocycles. The number of nitrogens with zero attached hydrogens (tertiary/aromatic N) is 2. The number of aromatic hydroxyl groups is 1. The van der Waals surface area contributed by atoms with Gasteiger partial charge < -0.3 is 9.63 Å². The number of phenols is 1. The second-order valence-electron chi connectivity index (χ2n) is 5.24. The van der Waals surface area contributed by atoms with Crippen molar-refractivity contribution in [1.82, 2.24) is 10.1 Å². The molecule has 4 rings (SSSR count). The highest BCUT2D eigenvalue weighted by Crippen LogP contribution is 2.35. The predicted molar refractivity (Wildman–Crippen MR) is 81.4 cm³/mol. The van der Waals surface area contributed by atoms with E-state index in [1.807, 2.05) is 6.07 Å². The summed E-state index contributed by atoms with van der Waals surface area (Å²) in [6.45, 7) is 0. The third-order valence-electron chi connectivity index (χ3n) is 3.74. The minimum Gasteiger partial charge on any atom is -0.508 e. The van der Waals surface area contributed by atoms with Crippen molar-refractivity contribution in [2.75, 3.05) is 0 Å². The number of aryl methyl sites for hydroxylation is 2. The Bertz CT molecular complexity index is 768.